The van der Waals surface area contributed by atoms with Crippen molar-refractivity contribution in [3.8, 4) is 17.1 Å². The summed E-state index contributed by atoms with van der Waals surface area (Å²) in [6.07, 6.45) is -0.448. The van der Waals surface area contributed by atoms with Crippen LogP contribution in [0.1, 0.15) is 37.2 Å². The lowest BCUT2D eigenvalue weighted by Crippen LogP contribution is -2.34. The normalized spacial score (nSPS) is 16.2. The Morgan fingerprint density at radius 2 is 1.79 bits per heavy atom. The zero-order valence-corrected chi connectivity index (χ0v) is 16.0. The van der Waals surface area contributed by atoms with Gasteiger partial charge in [-0.15, -0.1) is 12.4 Å². The van der Waals surface area contributed by atoms with E-state index in [1.165, 1.54) is 24.3 Å². The van der Waals surface area contributed by atoms with Crippen LogP contribution >= 0.6 is 24.0 Å². The van der Waals surface area contributed by atoms with E-state index in [1.807, 2.05) is 0 Å². The molecule has 150 valence electrons. The molecule has 28 heavy (non-hydrogen) atoms. The highest BCUT2D eigenvalue weighted by Gasteiger charge is 2.42. The molecule has 2 aromatic heterocycles. The minimum atomic E-state index is -4.69. The Hall–Kier alpha value is -2.10. The minimum absolute atomic E-state index is 0. The summed E-state index contributed by atoms with van der Waals surface area (Å²) in [5.41, 5.74) is 4.42. The van der Waals surface area contributed by atoms with Crippen LogP contribution in [-0.4, -0.2) is 19.9 Å². The van der Waals surface area contributed by atoms with E-state index in [9.17, 15) is 13.2 Å². The first kappa shape index (κ1) is 20.6. The van der Waals surface area contributed by atoms with Gasteiger partial charge in [0.15, 0.2) is 11.5 Å². The molecule has 0 bridgehead atoms. The molecule has 0 atom stereocenters. The van der Waals surface area contributed by atoms with Crippen molar-refractivity contribution in [3.63, 3.8) is 0 Å². The molecule has 0 amide bonds. The van der Waals surface area contributed by atoms with E-state index in [0.29, 0.717) is 17.9 Å². The predicted octanol–water partition coefficient (Wildman–Crippen LogP) is 4.74. The maximum Gasteiger partial charge on any atom is 0.434 e. The van der Waals surface area contributed by atoms with Crippen molar-refractivity contribution in [3.05, 3.63) is 47.0 Å². The molecule has 4 rings (SSSR count). The third kappa shape index (κ3) is 3.61. The number of benzene rings is 1. The molecular weight excluding hydrogens is 418 g/mol. The Labute approximate surface area is 169 Å². The van der Waals surface area contributed by atoms with E-state index in [1.54, 1.807) is 0 Å². The second-order valence-corrected chi connectivity index (χ2v) is 7.02. The maximum atomic E-state index is 13.8. The molecule has 0 spiro atoms. The summed E-state index contributed by atoms with van der Waals surface area (Å²) in [4.78, 5) is 4.15. The molecule has 0 unspecified atom stereocenters. The van der Waals surface area contributed by atoms with E-state index >= 15 is 0 Å². The SMILES string of the molecule is Cl.NC1(c2noc(-c3cnn(-c4ccc(Cl)cc4)c3C(F)(F)F)n2)CCCC1. The number of aromatic nitrogens is 4. The van der Waals surface area contributed by atoms with Gasteiger partial charge in [-0.25, -0.2) is 4.68 Å². The van der Waals surface area contributed by atoms with Gasteiger partial charge in [-0.1, -0.05) is 29.6 Å². The largest absolute Gasteiger partial charge is 0.434 e. The molecule has 0 saturated heterocycles. The third-order valence-corrected chi connectivity index (χ3v) is 4.96. The van der Waals surface area contributed by atoms with E-state index in [2.05, 4.69) is 15.2 Å². The summed E-state index contributed by atoms with van der Waals surface area (Å²) >= 11 is 5.81. The highest BCUT2D eigenvalue weighted by molar-refractivity contribution is 6.30. The first-order valence-electron chi connectivity index (χ1n) is 8.32. The van der Waals surface area contributed by atoms with Crippen molar-refractivity contribution in [1.82, 2.24) is 19.9 Å². The zero-order chi connectivity index (χ0) is 19.2. The second kappa shape index (κ2) is 7.38. The van der Waals surface area contributed by atoms with Crippen LogP contribution in [0.25, 0.3) is 17.1 Å². The van der Waals surface area contributed by atoms with Crippen molar-refractivity contribution >= 4 is 24.0 Å². The van der Waals surface area contributed by atoms with E-state index in [0.717, 1.165) is 23.7 Å². The van der Waals surface area contributed by atoms with Crippen molar-refractivity contribution in [1.29, 1.82) is 0 Å². The molecule has 2 heterocycles. The first-order chi connectivity index (χ1) is 12.8. The number of alkyl halides is 3. The smallest absolute Gasteiger partial charge is 0.334 e. The fourth-order valence-electron chi connectivity index (χ4n) is 3.32. The molecule has 3 aromatic rings. The van der Waals surface area contributed by atoms with Crippen LogP contribution in [0.5, 0.6) is 0 Å². The molecule has 11 heteroatoms. The molecule has 1 saturated carbocycles. The van der Waals surface area contributed by atoms with Gasteiger partial charge in [0.2, 0.25) is 0 Å². The molecule has 0 radical (unpaired) electrons. The summed E-state index contributed by atoms with van der Waals surface area (Å²) in [5, 5.41) is 8.12. The molecule has 2 N–H and O–H groups in total. The lowest BCUT2D eigenvalue weighted by Gasteiger charge is -2.17. The Morgan fingerprint density at radius 1 is 1.14 bits per heavy atom. The average Bonchev–Trinajstić information content (AvgIpc) is 3.33. The quantitative estimate of drug-likeness (QED) is 0.644. The van der Waals surface area contributed by atoms with Gasteiger partial charge < -0.3 is 10.3 Å². The highest BCUT2D eigenvalue weighted by atomic mass is 35.5. The Bertz CT molecular complexity index is 962. The van der Waals surface area contributed by atoms with Crippen molar-refractivity contribution in [2.75, 3.05) is 0 Å². The fourth-order valence-corrected chi connectivity index (χ4v) is 3.45. The molecule has 1 aliphatic rings. The number of nitrogens with zero attached hydrogens (tertiary/aromatic N) is 4. The van der Waals surface area contributed by atoms with E-state index in [4.69, 9.17) is 21.9 Å². The van der Waals surface area contributed by atoms with Crippen LogP contribution in [0.15, 0.2) is 35.0 Å². The molecule has 1 aromatic carbocycles. The van der Waals surface area contributed by atoms with Gasteiger partial charge in [0.1, 0.15) is 0 Å². The molecule has 6 nitrogen and oxygen atoms in total. The van der Waals surface area contributed by atoms with Crippen LogP contribution < -0.4 is 5.73 Å². The summed E-state index contributed by atoms with van der Waals surface area (Å²) in [6, 6.07) is 5.87. The van der Waals surface area contributed by atoms with Crippen LogP contribution in [0, 0.1) is 0 Å². The van der Waals surface area contributed by atoms with E-state index in [-0.39, 0.29) is 35.4 Å². The van der Waals surface area contributed by atoms with Gasteiger partial charge in [0, 0.05) is 5.02 Å². The Balaban J connectivity index is 0.00000225. The van der Waals surface area contributed by atoms with Crippen molar-refractivity contribution < 1.29 is 17.7 Å². The van der Waals surface area contributed by atoms with Crippen LogP contribution in [0.2, 0.25) is 5.02 Å². The molecule has 1 aliphatic carbocycles. The van der Waals surface area contributed by atoms with Gasteiger partial charge in [-0.3, -0.25) is 0 Å². The summed E-state index contributed by atoms with van der Waals surface area (Å²) in [5.74, 6) is -0.0309. The van der Waals surface area contributed by atoms with E-state index < -0.39 is 17.4 Å². The minimum Gasteiger partial charge on any atom is -0.334 e. The lowest BCUT2D eigenvalue weighted by molar-refractivity contribution is -0.142. The number of hydrogen-bond acceptors (Lipinski definition) is 5. The fraction of sp³-hybridized carbons (Fsp3) is 0.353. The summed E-state index contributed by atoms with van der Waals surface area (Å²) in [6.45, 7) is 0. The molecular formula is C17H16Cl2F3N5O. The molecule has 0 aliphatic heterocycles. The number of nitrogens with two attached hydrogens (primary N) is 1. The lowest BCUT2D eigenvalue weighted by atomic mass is 9.99. The van der Waals surface area contributed by atoms with Crippen molar-refractivity contribution in [2.24, 2.45) is 5.73 Å². The van der Waals surface area contributed by atoms with Crippen LogP contribution in [0.4, 0.5) is 13.2 Å². The van der Waals surface area contributed by atoms with Gasteiger partial charge in [-0.05, 0) is 37.1 Å². The second-order valence-electron chi connectivity index (χ2n) is 6.58. The number of rotatable bonds is 3. The van der Waals surface area contributed by atoms with Crippen LogP contribution in [0.3, 0.4) is 0 Å². The summed E-state index contributed by atoms with van der Waals surface area (Å²) in [7, 11) is 0. The van der Waals surface area contributed by atoms with Gasteiger partial charge >= 0.3 is 6.18 Å². The van der Waals surface area contributed by atoms with Gasteiger partial charge in [0.05, 0.1) is 23.0 Å². The first-order valence-corrected chi connectivity index (χ1v) is 8.70. The Morgan fingerprint density at radius 3 is 2.39 bits per heavy atom. The Kier molecular flexibility index (Phi) is 5.44. The zero-order valence-electron chi connectivity index (χ0n) is 14.4. The number of hydrogen-bond donors (Lipinski definition) is 1. The summed E-state index contributed by atoms with van der Waals surface area (Å²) < 4.78 is 47.2. The third-order valence-electron chi connectivity index (χ3n) is 4.71. The van der Waals surface area contributed by atoms with Crippen LogP contribution in [-0.2, 0) is 11.7 Å². The number of halogens is 5. The standard InChI is InChI=1S/C17H15ClF3N5O.ClH/c18-10-3-5-11(6-4-10)26-13(17(19,20)21)12(9-23-26)14-24-15(25-27-14)16(22)7-1-2-8-16;/h3-6,9H,1-2,7-8,22H2;1H. The highest BCUT2D eigenvalue weighted by Crippen LogP contribution is 2.40. The topological polar surface area (TPSA) is 82.8 Å². The predicted molar refractivity (Wildman–Crippen MR) is 98.4 cm³/mol. The molecule has 1 fully saturated rings. The average molecular weight is 434 g/mol. The monoisotopic (exact) mass is 433 g/mol. The van der Waals surface area contributed by atoms with Crippen molar-refractivity contribution in [2.45, 2.75) is 37.4 Å². The van der Waals surface area contributed by atoms with Gasteiger partial charge in [0.25, 0.3) is 5.89 Å². The van der Waals surface area contributed by atoms with Gasteiger partial charge in [-0.2, -0.15) is 23.3 Å². The maximum absolute atomic E-state index is 13.8.